The van der Waals surface area contributed by atoms with Gasteiger partial charge in [-0.25, -0.2) is 4.98 Å². The highest BCUT2D eigenvalue weighted by Crippen LogP contribution is 2.26. The maximum Gasteiger partial charge on any atom is 0.312 e. The lowest BCUT2D eigenvalue weighted by molar-refractivity contribution is -0.384. The molecular formula is C12H14N4O2S. The zero-order valence-electron chi connectivity index (χ0n) is 10.3. The number of nitriles is 1. The van der Waals surface area contributed by atoms with E-state index in [1.54, 1.807) is 0 Å². The predicted octanol–water partition coefficient (Wildman–Crippen LogP) is 2.42. The summed E-state index contributed by atoms with van der Waals surface area (Å²) in [4.78, 5) is 14.4. The van der Waals surface area contributed by atoms with E-state index in [0.717, 1.165) is 24.3 Å². The Labute approximate surface area is 115 Å². The number of aromatic nitrogens is 1. The van der Waals surface area contributed by atoms with Crippen LogP contribution in [0.15, 0.2) is 12.3 Å². The normalized spacial score (nSPS) is 15.7. The van der Waals surface area contributed by atoms with E-state index >= 15 is 0 Å². The zero-order chi connectivity index (χ0) is 13.7. The Morgan fingerprint density at radius 1 is 1.58 bits per heavy atom. The Balaban J connectivity index is 2.06. The number of hydrogen-bond acceptors (Lipinski definition) is 6. The van der Waals surface area contributed by atoms with Crippen LogP contribution in [-0.4, -0.2) is 28.0 Å². The van der Waals surface area contributed by atoms with Crippen molar-refractivity contribution < 1.29 is 4.92 Å². The molecule has 7 heteroatoms. The van der Waals surface area contributed by atoms with Crippen LogP contribution in [0.3, 0.4) is 0 Å². The van der Waals surface area contributed by atoms with Crippen molar-refractivity contribution in [2.24, 2.45) is 5.92 Å². The average Bonchev–Trinajstić information content (AvgIpc) is 2.46. The topological polar surface area (TPSA) is 91.8 Å². The third-order valence-corrected chi connectivity index (χ3v) is 4.14. The van der Waals surface area contributed by atoms with Gasteiger partial charge in [0.1, 0.15) is 6.07 Å². The molecule has 100 valence electrons. The van der Waals surface area contributed by atoms with Crippen molar-refractivity contribution in [1.82, 2.24) is 4.98 Å². The first kappa shape index (κ1) is 13.6. The summed E-state index contributed by atoms with van der Waals surface area (Å²) in [5.74, 6) is 3.09. The molecule has 6 nitrogen and oxygen atoms in total. The number of nitro groups is 1. The number of hydrogen-bond donors (Lipinski definition) is 1. The van der Waals surface area contributed by atoms with Gasteiger partial charge < -0.3 is 5.32 Å². The zero-order valence-corrected chi connectivity index (χ0v) is 11.2. The lowest BCUT2D eigenvalue weighted by atomic mass is 10.0. The summed E-state index contributed by atoms with van der Waals surface area (Å²) < 4.78 is 0. The van der Waals surface area contributed by atoms with Crippen LogP contribution in [0.1, 0.15) is 18.4 Å². The first-order valence-electron chi connectivity index (χ1n) is 6.07. The van der Waals surface area contributed by atoms with Gasteiger partial charge in [0.2, 0.25) is 5.82 Å². The fourth-order valence-corrected chi connectivity index (χ4v) is 3.19. The van der Waals surface area contributed by atoms with E-state index in [0.29, 0.717) is 12.5 Å². The van der Waals surface area contributed by atoms with E-state index in [1.165, 1.54) is 12.3 Å². The number of rotatable bonds is 4. The van der Waals surface area contributed by atoms with Crippen molar-refractivity contribution in [3.8, 4) is 6.07 Å². The molecule has 0 amide bonds. The molecule has 2 rings (SSSR count). The lowest BCUT2D eigenvalue weighted by Crippen LogP contribution is -2.20. The summed E-state index contributed by atoms with van der Waals surface area (Å²) in [6.07, 6.45) is 3.61. The Hall–Kier alpha value is -1.81. The summed E-state index contributed by atoms with van der Waals surface area (Å²) in [6, 6.07) is 3.11. The van der Waals surface area contributed by atoms with Crippen molar-refractivity contribution in [3.63, 3.8) is 0 Å². The van der Waals surface area contributed by atoms with E-state index in [4.69, 9.17) is 5.26 Å². The average molecular weight is 278 g/mol. The molecule has 0 saturated carbocycles. The van der Waals surface area contributed by atoms with Gasteiger partial charge in [0.05, 0.1) is 10.5 Å². The molecule has 1 saturated heterocycles. The van der Waals surface area contributed by atoms with Gasteiger partial charge in [-0.2, -0.15) is 17.0 Å². The molecule has 0 aromatic carbocycles. The van der Waals surface area contributed by atoms with Crippen molar-refractivity contribution in [2.75, 3.05) is 23.4 Å². The Bertz CT molecular complexity index is 509. The van der Waals surface area contributed by atoms with E-state index in [9.17, 15) is 10.1 Å². The first-order chi connectivity index (χ1) is 9.20. The Morgan fingerprint density at radius 2 is 2.32 bits per heavy atom. The number of nitrogens with zero attached hydrogens (tertiary/aromatic N) is 3. The van der Waals surface area contributed by atoms with E-state index in [2.05, 4.69) is 10.3 Å². The van der Waals surface area contributed by atoms with Crippen molar-refractivity contribution in [3.05, 3.63) is 27.9 Å². The number of thioether (sulfide) groups is 1. The fraction of sp³-hybridized carbons (Fsp3) is 0.500. The third-order valence-electron chi connectivity index (χ3n) is 3.09. The monoisotopic (exact) mass is 278 g/mol. The lowest BCUT2D eigenvalue weighted by Gasteiger charge is -2.21. The molecule has 0 spiro atoms. The van der Waals surface area contributed by atoms with E-state index in [-0.39, 0.29) is 17.1 Å². The Morgan fingerprint density at radius 3 is 2.95 bits per heavy atom. The molecule has 1 N–H and O–H groups in total. The first-order valence-corrected chi connectivity index (χ1v) is 7.22. The van der Waals surface area contributed by atoms with Gasteiger partial charge >= 0.3 is 5.69 Å². The smallest absolute Gasteiger partial charge is 0.312 e. The minimum atomic E-state index is -0.507. The number of nitrogens with one attached hydrogen (secondary N) is 1. The van der Waals surface area contributed by atoms with Gasteiger partial charge in [0, 0.05) is 18.8 Å². The molecule has 0 atom stereocenters. The van der Waals surface area contributed by atoms with Crippen LogP contribution in [-0.2, 0) is 0 Å². The highest BCUT2D eigenvalue weighted by molar-refractivity contribution is 7.99. The maximum absolute atomic E-state index is 11.0. The van der Waals surface area contributed by atoms with E-state index in [1.807, 2.05) is 17.8 Å². The highest BCUT2D eigenvalue weighted by Gasteiger charge is 2.19. The summed E-state index contributed by atoms with van der Waals surface area (Å²) in [5.41, 5.74) is 0.0653. The SMILES string of the molecule is N#Cc1cnc(NCC2CCSCC2)c([N+](=O)[O-])c1. The second-order valence-corrected chi connectivity index (χ2v) is 5.62. The molecule has 0 bridgehead atoms. The second kappa shape index (κ2) is 6.38. The summed E-state index contributed by atoms with van der Waals surface area (Å²) in [6.45, 7) is 0.695. The molecule has 2 heterocycles. The van der Waals surface area contributed by atoms with Crippen molar-refractivity contribution >= 4 is 23.3 Å². The standard InChI is InChI=1S/C12H14N4O2S/c13-6-10-5-11(16(17)18)12(15-8-10)14-7-9-1-3-19-4-2-9/h5,8-9H,1-4,7H2,(H,14,15). The van der Waals surface area contributed by atoms with Gasteiger partial charge in [-0.05, 0) is 30.3 Å². The van der Waals surface area contributed by atoms with Crippen LogP contribution in [0.4, 0.5) is 11.5 Å². The molecule has 1 fully saturated rings. The van der Waals surface area contributed by atoms with Crippen LogP contribution >= 0.6 is 11.8 Å². The fourth-order valence-electron chi connectivity index (χ4n) is 1.98. The van der Waals surface area contributed by atoms with Gasteiger partial charge in [0.25, 0.3) is 0 Å². The predicted molar refractivity (Wildman–Crippen MR) is 74.1 cm³/mol. The molecule has 1 aliphatic rings. The maximum atomic E-state index is 11.0. The van der Waals surface area contributed by atoms with Crippen LogP contribution in [0, 0.1) is 27.4 Å². The van der Waals surface area contributed by atoms with Gasteiger partial charge in [0.15, 0.2) is 0 Å². The highest BCUT2D eigenvalue weighted by atomic mass is 32.2. The van der Waals surface area contributed by atoms with Crippen LogP contribution in [0.2, 0.25) is 0 Å². The molecule has 1 aromatic heterocycles. The molecule has 19 heavy (non-hydrogen) atoms. The molecule has 1 aliphatic heterocycles. The quantitative estimate of drug-likeness (QED) is 0.671. The molecule has 0 radical (unpaired) electrons. The Kier molecular flexibility index (Phi) is 4.58. The molecule has 0 aliphatic carbocycles. The molecule has 1 aromatic rings. The van der Waals surface area contributed by atoms with Gasteiger partial charge in [-0.1, -0.05) is 0 Å². The molecule has 0 unspecified atom stereocenters. The minimum Gasteiger partial charge on any atom is -0.364 e. The third kappa shape index (κ3) is 3.58. The van der Waals surface area contributed by atoms with Crippen LogP contribution in [0.25, 0.3) is 0 Å². The summed E-state index contributed by atoms with van der Waals surface area (Å²) in [5, 5.41) is 22.7. The largest absolute Gasteiger partial charge is 0.364 e. The van der Waals surface area contributed by atoms with Crippen molar-refractivity contribution in [1.29, 1.82) is 5.26 Å². The van der Waals surface area contributed by atoms with E-state index < -0.39 is 4.92 Å². The summed E-state index contributed by atoms with van der Waals surface area (Å²) in [7, 11) is 0. The van der Waals surface area contributed by atoms with Crippen LogP contribution in [0.5, 0.6) is 0 Å². The summed E-state index contributed by atoms with van der Waals surface area (Å²) >= 11 is 1.95. The minimum absolute atomic E-state index is 0.135. The van der Waals surface area contributed by atoms with Gasteiger partial charge in [-0.3, -0.25) is 10.1 Å². The second-order valence-electron chi connectivity index (χ2n) is 4.40. The van der Waals surface area contributed by atoms with Crippen molar-refractivity contribution in [2.45, 2.75) is 12.8 Å². The number of pyridine rings is 1. The number of anilines is 1. The molecular weight excluding hydrogens is 264 g/mol. The van der Waals surface area contributed by atoms with Crippen LogP contribution < -0.4 is 5.32 Å². The van der Waals surface area contributed by atoms with Gasteiger partial charge in [-0.15, -0.1) is 0 Å².